The molecule has 4 heteroatoms. The third-order valence-corrected chi connectivity index (χ3v) is 3.73. The maximum absolute atomic E-state index is 6.39. The van der Waals surface area contributed by atoms with Gasteiger partial charge < -0.3 is 20.7 Å². The number of benzene rings is 1. The van der Waals surface area contributed by atoms with Gasteiger partial charge in [-0.25, -0.2) is 0 Å². The maximum atomic E-state index is 6.39. The zero-order valence-electron chi connectivity index (χ0n) is 12.1. The molecule has 1 aromatic rings. The molecule has 1 saturated heterocycles. The van der Waals surface area contributed by atoms with Crippen LogP contribution in [0.15, 0.2) is 18.2 Å². The summed E-state index contributed by atoms with van der Waals surface area (Å²) in [6, 6.07) is 6.60. The van der Waals surface area contributed by atoms with Crippen LogP contribution in [0.2, 0.25) is 0 Å². The standard InChI is InChI=1S/C15H25N3O/c1-4-19-14-6-5-12(9-11(14)2)15(16)13-10-18(3)8-7-17-13/h5-6,9,13,15,17H,4,7-8,10,16H2,1-3H3. The molecule has 1 fully saturated rings. The Morgan fingerprint density at radius 3 is 2.95 bits per heavy atom. The van der Waals surface area contributed by atoms with E-state index in [4.69, 9.17) is 10.5 Å². The summed E-state index contributed by atoms with van der Waals surface area (Å²) in [5.74, 6) is 0.951. The van der Waals surface area contributed by atoms with Crippen LogP contribution in [-0.2, 0) is 0 Å². The summed E-state index contributed by atoms with van der Waals surface area (Å²) in [4.78, 5) is 2.32. The summed E-state index contributed by atoms with van der Waals surface area (Å²) in [6.07, 6.45) is 0. The lowest BCUT2D eigenvalue weighted by molar-refractivity contribution is 0.220. The summed E-state index contributed by atoms with van der Waals surface area (Å²) in [5, 5.41) is 3.51. The Balaban J connectivity index is 2.10. The van der Waals surface area contributed by atoms with E-state index in [1.165, 1.54) is 5.56 Å². The van der Waals surface area contributed by atoms with Gasteiger partial charge in [0, 0.05) is 31.7 Å². The number of nitrogens with two attached hydrogens (primary N) is 1. The third-order valence-electron chi connectivity index (χ3n) is 3.73. The van der Waals surface area contributed by atoms with E-state index < -0.39 is 0 Å². The lowest BCUT2D eigenvalue weighted by atomic mass is 9.97. The van der Waals surface area contributed by atoms with Crippen molar-refractivity contribution < 1.29 is 4.74 Å². The number of hydrogen-bond acceptors (Lipinski definition) is 4. The van der Waals surface area contributed by atoms with Gasteiger partial charge in [-0.2, -0.15) is 0 Å². The first kappa shape index (κ1) is 14.3. The molecule has 19 heavy (non-hydrogen) atoms. The number of hydrogen-bond donors (Lipinski definition) is 2. The molecule has 0 bridgehead atoms. The second-order valence-electron chi connectivity index (χ2n) is 5.31. The highest BCUT2D eigenvalue weighted by atomic mass is 16.5. The Bertz CT molecular complexity index is 422. The van der Waals surface area contributed by atoms with Gasteiger partial charge in [0.15, 0.2) is 0 Å². The van der Waals surface area contributed by atoms with Crippen LogP contribution in [0.5, 0.6) is 5.75 Å². The second kappa shape index (κ2) is 6.37. The van der Waals surface area contributed by atoms with Gasteiger partial charge in [0.05, 0.1) is 6.61 Å². The van der Waals surface area contributed by atoms with Crippen molar-refractivity contribution in [3.05, 3.63) is 29.3 Å². The van der Waals surface area contributed by atoms with Crippen molar-refractivity contribution in [3.8, 4) is 5.75 Å². The number of rotatable bonds is 4. The van der Waals surface area contributed by atoms with Crippen LogP contribution in [0.25, 0.3) is 0 Å². The van der Waals surface area contributed by atoms with E-state index in [0.29, 0.717) is 12.6 Å². The van der Waals surface area contributed by atoms with Crippen LogP contribution >= 0.6 is 0 Å². The molecule has 4 nitrogen and oxygen atoms in total. The minimum Gasteiger partial charge on any atom is -0.494 e. The largest absolute Gasteiger partial charge is 0.494 e. The molecule has 2 rings (SSSR count). The first-order valence-electron chi connectivity index (χ1n) is 7.02. The van der Waals surface area contributed by atoms with Crippen LogP contribution in [0.3, 0.4) is 0 Å². The summed E-state index contributed by atoms with van der Waals surface area (Å²) in [7, 11) is 2.14. The van der Waals surface area contributed by atoms with E-state index >= 15 is 0 Å². The van der Waals surface area contributed by atoms with Gasteiger partial charge in [0.2, 0.25) is 0 Å². The van der Waals surface area contributed by atoms with E-state index in [1.807, 2.05) is 13.0 Å². The van der Waals surface area contributed by atoms with E-state index in [2.05, 4.69) is 36.3 Å². The molecule has 0 aromatic heterocycles. The lowest BCUT2D eigenvalue weighted by Gasteiger charge is -2.34. The van der Waals surface area contributed by atoms with Crippen molar-refractivity contribution in [2.24, 2.45) is 5.73 Å². The molecule has 3 N–H and O–H groups in total. The van der Waals surface area contributed by atoms with Gasteiger partial charge >= 0.3 is 0 Å². The number of piperazine rings is 1. The molecule has 0 radical (unpaired) electrons. The fourth-order valence-corrected chi connectivity index (χ4v) is 2.60. The summed E-state index contributed by atoms with van der Waals surface area (Å²) in [6.45, 7) is 7.85. The van der Waals surface area contributed by atoms with Gasteiger partial charge in [0.25, 0.3) is 0 Å². The van der Waals surface area contributed by atoms with Crippen LogP contribution in [0.1, 0.15) is 24.1 Å². The average molecular weight is 263 g/mol. The van der Waals surface area contributed by atoms with Crippen LogP contribution in [0.4, 0.5) is 0 Å². The number of aryl methyl sites for hydroxylation is 1. The predicted octanol–water partition coefficient (Wildman–Crippen LogP) is 1.30. The molecule has 0 saturated carbocycles. The molecule has 0 amide bonds. The zero-order chi connectivity index (χ0) is 13.8. The van der Waals surface area contributed by atoms with E-state index in [9.17, 15) is 0 Å². The number of likely N-dealkylation sites (N-methyl/N-ethyl adjacent to an activating group) is 1. The Kier molecular flexibility index (Phi) is 4.80. The Labute approximate surface area is 115 Å². The molecule has 2 atom stereocenters. The first-order valence-corrected chi connectivity index (χ1v) is 7.02. The van der Waals surface area contributed by atoms with Crippen LogP contribution in [-0.4, -0.2) is 44.2 Å². The molecule has 1 aliphatic rings. The fraction of sp³-hybridized carbons (Fsp3) is 0.600. The molecule has 2 unspecified atom stereocenters. The monoisotopic (exact) mass is 263 g/mol. The number of nitrogens with one attached hydrogen (secondary N) is 1. The van der Waals surface area contributed by atoms with Gasteiger partial charge in [-0.3, -0.25) is 0 Å². The smallest absolute Gasteiger partial charge is 0.122 e. The van der Waals surface area contributed by atoms with Gasteiger partial charge in [-0.1, -0.05) is 12.1 Å². The molecular weight excluding hydrogens is 238 g/mol. The fourth-order valence-electron chi connectivity index (χ4n) is 2.60. The highest BCUT2D eigenvalue weighted by molar-refractivity contribution is 5.37. The van der Waals surface area contributed by atoms with E-state index in [0.717, 1.165) is 30.9 Å². The molecule has 106 valence electrons. The second-order valence-corrected chi connectivity index (χ2v) is 5.31. The molecule has 1 heterocycles. The summed E-state index contributed by atoms with van der Waals surface area (Å²) < 4.78 is 5.57. The van der Waals surface area contributed by atoms with Crippen molar-refractivity contribution in [2.75, 3.05) is 33.3 Å². The molecule has 1 aromatic carbocycles. The topological polar surface area (TPSA) is 50.5 Å². The quantitative estimate of drug-likeness (QED) is 0.859. The van der Waals surface area contributed by atoms with Gasteiger partial charge in [0.1, 0.15) is 5.75 Å². The summed E-state index contributed by atoms with van der Waals surface area (Å²) in [5.41, 5.74) is 8.72. The number of nitrogens with zero attached hydrogens (tertiary/aromatic N) is 1. The lowest BCUT2D eigenvalue weighted by Crippen LogP contribution is -2.53. The molecule has 0 aliphatic carbocycles. The Morgan fingerprint density at radius 2 is 2.32 bits per heavy atom. The minimum atomic E-state index is 0.0251. The van der Waals surface area contributed by atoms with Crippen LogP contribution in [0, 0.1) is 6.92 Å². The van der Waals surface area contributed by atoms with Crippen LogP contribution < -0.4 is 15.8 Å². The van der Waals surface area contributed by atoms with Gasteiger partial charge in [-0.15, -0.1) is 0 Å². The van der Waals surface area contributed by atoms with Crippen molar-refractivity contribution in [1.29, 1.82) is 0 Å². The van der Waals surface area contributed by atoms with Crippen molar-refractivity contribution in [1.82, 2.24) is 10.2 Å². The highest BCUT2D eigenvalue weighted by Crippen LogP contribution is 2.24. The maximum Gasteiger partial charge on any atom is 0.122 e. The molecule has 1 aliphatic heterocycles. The van der Waals surface area contributed by atoms with Crippen molar-refractivity contribution >= 4 is 0 Å². The number of ether oxygens (including phenoxy) is 1. The minimum absolute atomic E-state index is 0.0251. The van der Waals surface area contributed by atoms with E-state index in [-0.39, 0.29) is 6.04 Å². The van der Waals surface area contributed by atoms with E-state index in [1.54, 1.807) is 0 Å². The average Bonchev–Trinajstić information content (AvgIpc) is 2.40. The van der Waals surface area contributed by atoms with Crippen molar-refractivity contribution in [2.45, 2.75) is 25.9 Å². The molecular formula is C15H25N3O. The third kappa shape index (κ3) is 3.47. The first-order chi connectivity index (χ1) is 9.11. The zero-order valence-corrected chi connectivity index (χ0v) is 12.1. The van der Waals surface area contributed by atoms with Crippen molar-refractivity contribution in [3.63, 3.8) is 0 Å². The summed E-state index contributed by atoms with van der Waals surface area (Å²) >= 11 is 0. The van der Waals surface area contributed by atoms with Gasteiger partial charge in [-0.05, 0) is 38.1 Å². The molecule has 0 spiro atoms. The SMILES string of the molecule is CCOc1ccc(C(N)C2CN(C)CCN2)cc1C. The Morgan fingerprint density at radius 1 is 1.53 bits per heavy atom. The highest BCUT2D eigenvalue weighted by Gasteiger charge is 2.24. The Hall–Kier alpha value is -1.10. The predicted molar refractivity (Wildman–Crippen MR) is 78.6 cm³/mol. The normalized spacial score (nSPS) is 22.2.